The number of rotatable bonds is 2. The summed E-state index contributed by atoms with van der Waals surface area (Å²) in [7, 11) is -1.08. The molecule has 72 valence electrons. The zero-order valence-corrected chi connectivity index (χ0v) is 11.9. The van der Waals surface area contributed by atoms with Crippen LogP contribution in [0.3, 0.4) is 0 Å². The first kappa shape index (κ1) is 15.3. The molecule has 0 aromatic carbocycles. The Morgan fingerprint density at radius 3 is 1.58 bits per heavy atom. The Morgan fingerprint density at radius 2 is 1.50 bits per heavy atom. The second-order valence-corrected chi connectivity index (χ2v) is 6.01. The first-order valence-electron chi connectivity index (χ1n) is 3.53. The van der Waals surface area contributed by atoms with Crippen LogP contribution in [0.4, 0.5) is 0 Å². The predicted octanol–water partition coefficient (Wildman–Crippen LogP) is 1.46. The molecule has 0 rings (SSSR count). The SMILES string of the molecule is [CH2-]C([CH2-])(C)NS(=O)C(C)(C)C.[W+2]. The van der Waals surface area contributed by atoms with Crippen LogP contribution in [0.2, 0.25) is 0 Å². The molecule has 0 aliphatic heterocycles. The Balaban J connectivity index is 0. The summed E-state index contributed by atoms with van der Waals surface area (Å²) in [6.07, 6.45) is 0. The molecule has 1 atom stereocenters. The molecule has 0 saturated heterocycles. The third kappa shape index (κ3) is 7.45. The third-order valence-corrected chi connectivity index (χ3v) is 2.69. The molecule has 1 unspecified atom stereocenters. The third-order valence-electron chi connectivity index (χ3n) is 0.895. The largest absolute Gasteiger partial charge is 2.00 e. The van der Waals surface area contributed by atoms with Crippen molar-refractivity contribution in [3.63, 3.8) is 0 Å². The summed E-state index contributed by atoms with van der Waals surface area (Å²) in [6, 6.07) is 0. The van der Waals surface area contributed by atoms with E-state index in [-0.39, 0.29) is 25.8 Å². The van der Waals surface area contributed by atoms with E-state index in [1.165, 1.54) is 0 Å². The standard InChI is InChI=1S/C8H17NOS.W/c1-7(2,3)9-11(10)8(4,5)6;/h9H,1-2H2,3-6H3;/q-2;+2. The second-order valence-electron chi connectivity index (χ2n) is 4.04. The van der Waals surface area contributed by atoms with Gasteiger partial charge < -0.3 is 13.8 Å². The summed E-state index contributed by atoms with van der Waals surface area (Å²) >= 11 is 0. The average molecular weight is 359 g/mol. The van der Waals surface area contributed by atoms with Crippen LogP contribution in [0.1, 0.15) is 27.7 Å². The molecule has 0 saturated carbocycles. The van der Waals surface area contributed by atoms with Gasteiger partial charge in [0, 0.05) is 0 Å². The van der Waals surface area contributed by atoms with Gasteiger partial charge in [-0.15, -0.1) is 6.92 Å². The predicted molar refractivity (Wildman–Crippen MR) is 50.2 cm³/mol. The average Bonchev–Trinajstić information content (AvgIpc) is 1.56. The molecule has 0 aliphatic carbocycles. The Kier molecular flexibility index (Phi) is 6.21. The van der Waals surface area contributed by atoms with Crippen LogP contribution < -0.4 is 4.72 Å². The molecule has 4 heteroatoms. The molecule has 0 amide bonds. The molecule has 0 fully saturated rings. The molecule has 2 nitrogen and oxygen atoms in total. The maximum atomic E-state index is 11.4. The fourth-order valence-corrected chi connectivity index (χ4v) is 1.13. The number of nitrogens with one attached hydrogen (secondary N) is 1. The van der Waals surface area contributed by atoms with E-state index < -0.39 is 16.5 Å². The van der Waals surface area contributed by atoms with Gasteiger partial charge in [-0.2, -0.15) is 0 Å². The number of hydrogen-bond acceptors (Lipinski definition) is 1. The second kappa shape index (κ2) is 4.88. The van der Waals surface area contributed by atoms with Crippen molar-refractivity contribution < 1.29 is 25.3 Å². The maximum absolute atomic E-state index is 11.4. The molecular formula is C8H17NOSW. The van der Waals surface area contributed by atoms with E-state index in [4.69, 9.17) is 0 Å². The van der Waals surface area contributed by atoms with E-state index in [0.29, 0.717) is 0 Å². The van der Waals surface area contributed by atoms with Crippen molar-refractivity contribution in [1.29, 1.82) is 0 Å². The monoisotopic (exact) mass is 359 g/mol. The number of hydrogen-bond donors (Lipinski definition) is 1. The van der Waals surface area contributed by atoms with Gasteiger partial charge in [0.05, 0.1) is 15.7 Å². The molecule has 0 bridgehead atoms. The van der Waals surface area contributed by atoms with Crippen LogP contribution in [0.25, 0.3) is 0 Å². The maximum Gasteiger partial charge on any atom is 2.00 e. The van der Waals surface area contributed by atoms with Gasteiger partial charge >= 0.3 is 21.1 Å². The van der Waals surface area contributed by atoms with Crippen LogP contribution in [-0.2, 0) is 32.1 Å². The van der Waals surface area contributed by atoms with E-state index in [1.54, 1.807) is 6.92 Å². The van der Waals surface area contributed by atoms with Crippen molar-refractivity contribution in [3.05, 3.63) is 13.8 Å². The van der Waals surface area contributed by atoms with Gasteiger partial charge in [0.15, 0.2) is 0 Å². The molecule has 0 aromatic rings. The van der Waals surface area contributed by atoms with E-state index in [9.17, 15) is 4.21 Å². The van der Waals surface area contributed by atoms with Gasteiger partial charge in [0.25, 0.3) is 0 Å². The van der Waals surface area contributed by atoms with Crippen molar-refractivity contribution >= 4 is 11.0 Å². The van der Waals surface area contributed by atoms with Crippen LogP contribution in [0.5, 0.6) is 0 Å². The molecule has 0 aliphatic rings. The van der Waals surface area contributed by atoms with Crippen LogP contribution in [-0.4, -0.2) is 14.5 Å². The Bertz CT molecular complexity index is 157. The Hall–Kier alpha value is 0.798. The van der Waals surface area contributed by atoms with E-state index in [0.717, 1.165) is 0 Å². The van der Waals surface area contributed by atoms with Gasteiger partial charge in [-0.3, -0.25) is 4.72 Å². The molecule has 1 N–H and O–H groups in total. The van der Waals surface area contributed by atoms with Crippen molar-refractivity contribution in [1.82, 2.24) is 4.72 Å². The molecule has 0 radical (unpaired) electrons. The minimum atomic E-state index is -1.08. The van der Waals surface area contributed by atoms with Gasteiger partial charge in [0.2, 0.25) is 0 Å². The normalized spacial score (nSPS) is 15.2. The Labute approximate surface area is 92.7 Å². The van der Waals surface area contributed by atoms with Gasteiger partial charge in [-0.1, -0.05) is 0 Å². The smallest absolute Gasteiger partial charge is 0.353 e. The zero-order chi connectivity index (χ0) is 9.28. The molecule has 0 aromatic heterocycles. The first-order valence-corrected chi connectivity index (χ1v) is 4.68. The van der Waals surface area contributed by atoms with E-state index in [2.05, 4.69) is 18.6 Å². The minimum Gasteiger partial charge on any atom is -0.353 e. The minimum absolute atomic E-state index is 0. The van der Waals surface area contributed by atoms with Crippen molar-refractivity contribution in [2.24, 2.45) is 0 Å². The molecule has 12 heavy (non-hydrogen) atoms. The summed E-state index contributed by atoms with van der Waals surface area (Å²) in [4.78, 5) is 0. The fraction of sp³-hybridized carbons (Fsp3) is 0.750. The first-order chi connectivity index (χ1) is 4.63. The fourth-order valence-electron chi connectivity index (χ4n) is 0.377. The van der Waals surface area contributed by atoms with Crippen LogP contribution >= 0.6 is 0 Å². The topological polar surface area (TPSA) is 29.1 Å². The van der Waals surface area contributed by atoms with E-state index >= 15 is 0 Å². The molecule has 0 heterocycles. The van der Waals surface area contributed by atoms with Gasteiger partial charge in [-0.25, -0.2) is 9.75 Å². The zero-order valence-electron chi connectivity index (χ0n) is 8.14. The van der Waals surface area contributed by atoms with Crippen LogP contribution in [0, 0.1) is 13.8 Å². The van der Waals surface area contributed by atoms with E-state index in [1.807, 2.05) is 20.8 Å². The summed E-state index contributed by atoms with van der Waals surface area (Å²) in [5, 5.41) is 0. The van der Waals surface area contributed by atoms with Crippen molar-refractivity contribution in [3.8, 4) is 0 Å². The molecule has 0 spiro atoms. The van der Waals surface area contributed by atoms with Gasteiger partial charge in [0.1, 0.15) is 0 Å². The van der Waals surface area contributed by atoms with Gasteiger partial charge in [-0.05, 0) is 20.8 Å². The summed E-state index contributed by atoms with van der Waals surface area (Å²) in [6.45, 7) is 14.9. The van der Waals surface area contributed by atoms with Crippen LogP contribution in [0.15, 0.2) is 0 Å². The van der Waals surface area contributed by atoms with Crippen molar-refractivity contribution in [2.45, 2.75) is 38.0 Å². The summed E-state index contributed by atoms with van der Waals surface area (Å²) in [5.74, 6) is 0. The van der Waals surface area contributed by atoms with Crippen molar-refractivity contribution in [2.75, 3.05) is 0 Å². The summed E-state index contributed by atoms with van der Waals surface area (Å²) < 4.78 is 14.0. The summed E-state index contributed by atoms with van der Waals surface area (Å²) in [5.41, 5.74) is -0.571. The quantitative estimate of drug-likeness (QED) is 0.744. The Morgan fingerprint density at radius 1 is 1.17 bits per heavy atom. The molecular weight excluding hydrogens is 342 g/mol.